The highest BCUT2D eigenvalue weighted by Gasteiger charge is 2.13. The molecule has 0 atom stereocenters. The Morgan fingerprint density at radius 2 is 2.36 bits per heavy atom. The van der Waals surface area contributed by atoms with Crippen LogP contribution in [-0.2, 0) is 6.42 Å². The monoisotopic (exact) mass is 208 g/mol. The molecule has 0 amide bonds. The highest BCUT2D eigenvalue weighted by atomic mass is 32.1. The molecule has 0 fully saturated rings. The van der Waals surface area contributed by atoms with Gasteiger partial charge in [0.2, 0.25) is 0 Å². The van der Waals surface area contributed by atoms with Crippen LogP contribution in [0.1, 0.15) is 12.0 Å². The van der Waals surface area contributed by atoms with E-state index in [9.17, 15) is 0 Å². The highest BCUT2D eigenvalue weighted by Crippen LogP contribution is 2.30. The summed E-state index contributed by atoms with van der Waals surface area (Å²) < 4.78 is 5.52. The predicted octanol–water partition coefficient (Wildman–Crippen LogP) is 1.67. The molecule has 1 heterocycles. The summed E-state index contributed by atoms with van der Waals surface area (Å²) >= 11 is 4.81. The quantitative estimate of drug-likeness (QED) is 0.689. The number of hydrogen-bond donors (Lipinski definition) is 2. The van der Waals surface area contributed by atoms with Crippen molar-refractivity contribution in [1.82, 2.24) is 0 Å². The molecule has 0 saturated heterocycles. The topological polar surface area (TPSA) is 47.3 Å². The molecule has 0 aromatic heterocycles. The molecule has 3 nitrogen and oxygen atoms in total. The Kier molecular flexibility index (Phi) is 2.54. The van der Waals surface area contributed by atoms with Crippen LogP contribution in [0, 0.1) is 0 Å². The van der Waals surface area contributed by atoms with Gasteiger partial charge >= 0.3 is 0 Å². The summed E-state index contributed by atoms with van der Waals surface area (Å²) in [5, 5.41) is 3.26. The minimum Gasteiger partial charge on any atom is -0.493 e. The van der Waals surface area contributed by atoms with Crippen molar-refractivity contribution in [3.63, 3.8) is 0 Å². The number of fused-ring (bicyclic) bond motifs is 1. The normalized spacial score (nSPS) is 14.0. The second-order valence-corrected chi connectivity index (χ2v) is 3.66. The van der Waals surface area contributed by atoms with Crippen molar-refractivity contribution < 1.29 is 4.74 Å². The van der Waals surface area contributed by atoms with Crippen LogP contribution < -0.4 is 15.8 Å². The molecule has 0 aliphatic carbocycles. The second-order valence-electron chi connectivity index (χ2n) is 3.22. The lowest BCUT2D eigenvalue weighted by Crippen LogP contribution is -2.21. The summed E-state index contributed by atoms with van der Waals surface area (Å²) in [5.41, 5.74) is 7.58. The zero-order valence-electron chi connectivity index (χ0n) is 7.75. The van der Waals surface area contributed by atoms with Crippen molar-refractivity contribution in [3.8, 4) is 5.75 Å². The third kappa shape index (κ3) is 1.80. The van der Waals surface area contributed by atoms with E-state index in [4.69, 9.17) is 22.7 Å². The first kappa shape index (κ1) is 9.27. The summed E-state index contributed by atoms with van der Waals surface area (Å²) in [6.07, 6.45) is 2.06. The van der Waals surface area contributed by atoms with E-state index in [2.05, 4.69) is 5.32 Å². The van der Waals surface area contributed by atoms with E-state index in [0.717, 1.165) is 30.9 Å². The molecule has 0 unspecified atom stereocenters. The molecule has 14 heavy (non-hydrogen) atoms. The van der Waals surface area contributed by atoms with Gasteiger partial charge in [0, 0.05) is 11.3 Å². The van der Waals surface area contributed by atoms with Crippen LogP contribution in [0.4, 0.5) is 5.69 Å². The Hall–Kier alpha value is -1.29. The minimum atomic E-state index is 0.295. The molecular weight excluding hydrogens is 196 g/mol. The van der Waals surface area contributed by atoms with Crippen molar-refractivity contribution in [3.05, 3.63) is 23.8 Å². The average Bonchev–Trinajstić information content (AvgIpc) is 2.18. The number of hydrogen-bond acceptors (Lipinski definition) is 2. The maximum atomic E-state index is 5.52. The number of anilines is 1. The van der Waals surface area contributed by atoms with Gasteiger partial charge in [-0.25, -0.2) is 0 Å². The van der Waals surface area contributed by atoms with E-state index >= 15 is 0 Å². The van der Waals surface area contributed by atoms with E-state index in [1.54, 1.807) is 0 Å². The van der Waals surface area contributed by atoms with E-state index in [1.165, 1.54) is 5.56 Å². The summed E-state index contributed by atoms with van der Waals surface area (Å²) in [4.78, 5) is 0. The van der Waals surface area contributed by atoms with E-state index < -0.39 is 0 Å². The number of thiocarbonyl (C=S) groups is 1. The fourth-order valence-electron chi connectivity index (χ4n) is 1.64. The second kappa shape index (κ2) is 3.84. The number of ether oxygens (including phenoxy) is 1. The lowest BCUT2D eigenvalue weighted by Gasteiger charge is -2.20. The molecule has 2 rings (SSSR count). The third-order valence-corrected chi connectivity index (χ3v) is 2.32. The van der Waals surface area contributed by atoms with Crippen molar-refractivity contribution in [1.29, 1.82) is 0 Å². The Morgan fingerprint density at radius 3 is 3.14 bits per heavy atom. The van der Waals surface area contributed by atoms with Crippen LogP contribution in [0.25, 0.3) is 0 Å². The molecule has 1 aliphatic rings. The lowest BCUT2D eigenvalue weighted by atomic mass is 10.0. The standard InChI is InChI=1S/C10H12N2OS/c11-10(14)12-8-4-1-5-9-7(8)3-2-6-13-9/h1,4-5H,2-3,6H2,(H3,11,12,14). The molecule has 74 valence electrons. The maximum absolute atomic E-state index is 5.52. The van der Waals surface area contributed by atoms with Crippen LogP contribution in [0.15, 0.2) is 18.2 Å². The van der Waals surface area contributed by atoms with Gasteiger partial charge in [0.1, 0.15) is 5.75 Å². The zero-order chi connectivity index (χ0) is 9.97. The van der Waals surface area contributed by atoms with Gasteiger partial charge in [-0.15, -0.1) is 0 Å². The van der Waals surface area contributed by atoms with E-state index in [1.807, 2.05) is 18.2 Å². The van der Waals surface area contributed by atoms with Gasteiger partial charge in [-0.1, -0.05) is 6.07 Å². The Bertz CT molecular complexity index is 365. The van der Waals surface area contributed by atoms with Crippen LogP contribution in [0.2, 0.25) is 0 Å². The minimum absolute atomic E-state index is 0.295. The molecule has 3 N–H and O–H groups in total. The number of benzene rings is 1. The Morgan fingerprint density at radius 1 is 1.50 bits per heavy atom. The van der Waals surface area contributed by atoms with Crippen LogP contribution >= 0.6 is 12.2 Å². The predicted molar refractivity (Wildman–Crippen MR) is 60.7 cm³/mol. The molecule has 0 radical (unpaired) electrons. The van der Waals surface area contributed by atoms with Gasteiger partial charge < -0.3 is 15.8 Å². The number of nitrogens with two attached hydrogens (primary N) is 1. The first-order valence-electron chi connectivity index (χ1n) is 4.58. The van der Waals surface area contributed by atoms with Gasteiger partial charge in [-0.2, -0.15) is 0 Å². The van der Waals surface area contributed by atoms with Crippen LogP contribution in [0.5, 0.6) is 5.75 Å². The molecule has 0 saturated carbocycles. The maximum Gasteiger partial charge on any atom is 0.168 e. The number of nitrogens with one attached hydrogen (secondary N) is 1. The fraction of sp³-hybridized carbons (Fsp3) is 0.300. The Balaban J connectivity index is 2.35. The summed E-state index contributed by atoms with van der Waals surface area (Å²) in [6.45, 7) is 0.795. The van der Waals surface area contributed by atoms with Crippen molar-refractivity contribution >= 4 is 23.0 Å². The van der Waals surface area contributed by atoms with Gasteiger partial charge in [0.15, 0.2) is 5.11 Å². The average molecular weight is 208 g/mol. The molecule has 1 aromatic carbocycles. The van der Waals surface area contributed by atoms with Crippen LogP contribution in [0.3, 0.4) is 0 Å². The Labute approximate surface area is 88.2 Å². The molecule has 0 spiro atoms. The highest BCUT2D eigenvalue weighted by molar-refractivity contribution is 7.80. The van der Waals surface area contributed by atoms with E-state index in [0.29, 0.717) is 5.11 Å². The lowest BCUT2D eigenvalue weighted by molar-refractivity contribution is 0.289. The van der Waals surface area contributed by atoms with Crippen molar-refractivity contribution in [2.45, 2.75) is 12.8 Å². The van der Waals surface area contributed by atoms with Crippen molar-refractivity contribution in [2.75, 3.05) is 11.9 Å². The molecular formula is C10H12N2OS. The molecule has 1 aliphatic heterocycles. The summed E-state index contributed by atoms with van der Waals surface area (Å²) in [7, 11) is 0. The molecule has 4 heteroatoms. The van der Waals surface area contributed by atoms with Gasteiger partial charge in [-0.3, -0.25) is 0 Å². The first-order chi connectivity index (χ1) is 6.77. The van der Waals surface area contributed by atoms with Crippen LogP contribution in [-0.4, -0.2) is 11.7 Å². The summed E-state index contributed by atoms with van der Waals surface area (Å²) in [6, 6.07) is 5.87. The SMILES string of the molecule is NC(=S)Nc1cccc2c1CCCO2. The zero-order valence-corrected chi connectivity index (χ0v) is 8.56. The number of rotatable bonds is 1. The van der Waals surface area contributed by atoms with Gasteiger partial charge in [-0.05, 0) is 37.2 Å². The van der Waals surface area contributed by atoms with Crippen molar-refractivity contribution in [2.24, 2.45) is 5.73 Å². The molecule has 1 aromatic rings. The first-order valence-corrected chi connectivity index (χ1v) is 4.99. The third-order valence-electron chi connectivity index (χ3n) is 2.22. The van der Waals surface area contributed by atoms with Gasteiger partial charge in [0.05, 0.1) is 6.61 Å². The van der Waals surface area contributed by atoms with E-state index in [-0.39, 0.29) is 0 Å². The largest absolute Gasteiger partial charge is 0.493 e. The van der Waals surface area contributed by atoms with Gasteiger partial charge in [0.25, 0.3) is 0 Å². The smallest absolute Gasteiger partial charge is 0.168 e. The molecule has 0 bridgehead atoms. The fourth-order valence-corrected chi connectivity index (χ4v) is 1.75. The summed E-state index contributed by atoms with van der Waals surface area (Å²) in [5.74, 6) is 0.942.